The maximum absolute atomic E-state index is 8.89. The monoisotopic (exact) mass is 212 g/mol. The van der Waals surface area contributed by atoms with Crippen molar-refractivity contribution in [1.82, 2.24) is 14.8 Å². The summed E-state index contributed by atoms with van der Waals surface area (Å²) in [6.45, 7) is 2.65. The minimum atomic E-state index is 0.645. The molecule has 0 unspecified atom stereocenters. The average Bonchev–Trinajstić information content (AvgIpc) is 2.81. The van der Waals surface area contributed by atoms with E-state index in [-0.39, 0.29) is 0 Å². The first-order chi connectivity index (χ1) is 7.83. The molecule has 0 bridgehead atoms. The van der Waals surface area contributed by atoms with Crippen LogP contribution in [0, 0.1) is 11.3 Å². The number of nitrogens with zero attached hydrogens (tertiary/aromatic N) is 4. The van der Waals surface area contributed by atoms with E-state index in [1.54, 1.807) is 6.20 Å². The number of nitriles is 1. The van der Waals surface area contributed by atoms with Gasteiger partial charge in [0.2, 0.25) is 0 Å². The molecular formula is C12H12N4. The van der Waals surface area contributed by atoms with Gasteiger partial charge in [0.05, 0.1) is 23.5 Å². The molecule has 4 heteroatoms. The van der Waals surface area contributed by atoms with E-state index in [1.807, 2.05) is 36.0 Å². The smallest absolute Gasteiger partial charge is 0.101 e. The minimum Gasteiger partial charge on any atom is -0.267 e. The predicted molar refractivity (Wildman–Crippen MR) is 59.7 cm³/mol. The van der Waals surface area contributed by atoms with Gasteiger partial charge in [-0.25, -0.2) is 0 Å². The summed E-state index contributed by atoms with van der Waals surface area (Å²) < 4.78 is 1.81. The van der Waals surface area contributed by atoms with Gasteiger partial charge in [0.25, 0.3) is 0 Å². The van der Waals surface area contributed by atoms with E-state index in [0.717, 1.165) is 17.8 Å². The van der Waals surface area contributed by atoms with E-state index in [2.05, 4.69) is 16.2 Å². The van der Waals surface area contributed by atoms with Crippen LogP contribution in [0.5, 0.6) is 0 Å². The molecule has 2 aromatic rings. The summed E-state index contributed by atoms with van der Waals surface area (Å²) in [6.07, 6.45) is 4.41. The highest BCUT2D eigenvalue weighted by molar-refractivity contribution is 5.34. The maximum Gasteiger partial charge on any atom is 0.101 e. The van der Waals surface area contributed by atoms with Crippen LogP contribution in [0.2, 0.25) is 0 Å². The lowest BCUT2D eigenvalue weighted by Gasteiger charge is -2.04. The number of rotatable bonds is 3. The van der Waals surface area contributed by atoms with Crippen LogP contribution in [0.3, 0.4) is 0 Å². The number of aromatic nitrogens is 3. The molecule has 0 saturated carbocycles. The molecule has 2 heterocycles. The molecule has 4 nitrogen and oxygen atoms in total. The average molecular weight is 212 g/mol. The van der Waals surface area contributed by atoms with Gasteiger partial charge in [-0.15, -0.1) is 0 Å². The molecule has 0 aromatic carbocycles. The van der Waals surface area contributed by atoms with Gasteiger partial charge in [-0.2, -0.15) is 10.4 Å². The number of hydrogen-bond donors (Lipinski definition) is 0. The lowest BCUT2D eigenvalue weighted by molar-refractivity contribution is 0.669. The van der Waals surface area contributed by atoms with Crippen LogP contribution in [-0.4, -0.2) is 14.8 Å². The van der Waals surface area contributed by atoms with Crippen molar-refractivity contribution >= 4 is 0 Å². The summed E-state index contributed by atoms with van der Waals surface area (Å²) in [4.78, 5) is 4.45. The molecule has 80 valence electrons. The van der Waals surface area contributed by atoms with Gasteiger partial charge in [0.1, 0.15) is 6.07 Å². The van der Waals surface area contributed by atoms with E-state index in [4.69, 9.17) is 5.26 Å². The van der Waals surface area contributed by atoms with Crippen molar-refractivity contribution in [2.45, 2.75) is 19.9 Å². The van der Waals surface area contributed by atoms with Crippen molar-refractivity contribution in [3.05, 3.63) is 47.5 Å². The fourth-order valence-electron chi connectivity index (χ4n) is 1.57. The van der Waals surface area contributed by atoms with Crippen LogP contribution in [0.4, 0.5) is 0 Å². The molecule has 0 atom stereocenters. The highest BCUT2D eigenvalue weighted by Crippen LogP contribution is 2.08. The zero-order valence-electron chi connectivity index (χ0n) is 9.09. The Bertz CT molecular complexity index is 508. The van der Waals surface area contributed by atoms with Crippen molar-refractivity contribution in [2.75, 3.05) is 0 Å². The molecule has 0 fully saturated rings. The summed E-state index contributed by atoms with van der Waals surface area (Å²) in [5.74, 6) is 0. The number of aryl methyl sites for hydroxylation is 1. The molecule has 0 aliphatic rings. The Morgan fingerprint density at radius 2 is 2.31 bits per heavy atom. The van der Waals surface area contributed by atoms with Gasteiger partial charge >= 0.3 is 0 Å². The Balaban J connectivity index is 2.27. The molecule has 0 aliphatic carbocycles. The highest BCUT2D eigenvalue weighted by Gasteiger charge is 2.04. The van der Waals surface area contributed by atoms with E-state index < -0.39 is 0 Å². The van der Waals surface area contributed by atoms with E-state index in [0.29, 0.717) is 12.1 Å². The second-order valence-corrected chi connectivity index (χ2v) is 3.47. The first kappa shape index (κ1) is 10.4. The van der Waals surface area contributed by atoms with Gasteiger partial charge in [-0.1, -0.05) is 6.92 Å². The third-order valence-corrected chi connectivity index (χ3v) is 2.37. The van der Waals surface area contributed by atoms with Crippen molar-refractivity contribution in [3.63, 3.8) is 0 Å². The van der Waals surface area contributed by atoms with Crippen molar-refractivity contribution in [1.29, 1.82) is 5.26 Å². The summed E-state index contributed by atoms with van der Waals surface area (Å²) in [5, 5.41) is 13.0. The van der Waals surface area contributed by atoms with E-state index in [1.165, 1.54) is 0 Å². The maximum atomic E-state index is 8.89. The fraction of sp³-hybridized carbons (Fsp3) is 0.250. The number of pyridine rings is 1. The van der Waals surface area contributed by atoms with Crippen LogP contribution in [-0.2, 0) is 13.0 Å². The first-order valence-electron chi connectivity index (χ1n) is 5.20. The van der Waals surface area contributed by atoms with Gasteiger partial charge in [0.15, 0.2) is 0 Å². The Kier molecular flexibility index (Phi) is 2.97. The topological polar surface area (TPSA) is 54.5 Å². The van der Waals surface area contributed by atoms with Crippen LogP contribution in [0.1, 0.15) is 23.9 Å². The van der Waals surface area contributed by atoms with Gasteiger partial charge in [0, 0.05) is 12.4 Å². The Hall–Kier alpha value is -2.15. The Morgan fingerprint density at radius 1 is 1.44 bits per heavy atom. The molecule has 0 N–H and O–H groups in total. The number of hydrogen-bond acceptors (Lipinski definition) is 3. The molecule has 0 amide bonds. The van der Waals surface area contributed by atoms with E-state index >= 15 is 0 Å². The fourth-order valence-corrected chi connectivity index (χ4v) is 1.57. The summed E-state index contributed by atoms with van der Waals surface area (Å²) in [6, 6.07) is 7.73. The lowest BCUT2D eigenvalue weighted by atomic mass is 10.1. The van der Waals surface area contributed by atoms with Gasteiger partial charge in [-0.05, 0) is 24.6 Å². The van der Waals surface area contributed by atoms with Crippen molar-refractivity contribution in [3.8, 4) is 6.07 Å². The normalized spacial score (nSPS) is 10.0. The zero-order chi connectivity index (χ0) is 11.4. The second kappa shape index (κ2) is 4.58. The third kappa shape index (κ3) is 2.09. The molecule has 0 aliphatic heterocycles. The van der Waals surface area contributed by atoms with Crippen LogP contribution in [0.15, 0.2) is 30.6 Å². The molecular weight excluding hydrogens is 200 g/mol. The SMILES string of the molecule is CCc1nc(Cn2cccn2)ccc1C#N. The molecule has 2 rings (SSSR count). The third-order valence-electron chi connectivity index (χ3n) is 2.37. The van der Waals surface area contributed by atoms with Crippen LogP contribution >= 0.6 is 0 Å². The van der Waals surface area contributed by atoms with Crippen molar-refractivity contribution < 1.29 is 0 Å². The van der Waals surface area contributed by atoms with Crippen LogP contribution < -0.4 is 0 Å². The molecule has 16 heavy (non-hydrogen) atoms. The van der Waals surface area contributed by atoms with Gasteiger partial charge < -0.3 is 0 Å². The quantitative estimate of drug-likeness (QED) is 0.779. The Labute approximate surface area is 94.2 Å². The second-order valence-electron chi connectivity index (χ2n) is 3.47. The van der Waals surface area contributed by atoms with E-state index in [9.17, 15) is 0 Å². The van der Waals surface area contributed by atoms with Gasteiger partial charge in [-0.3, -0.25) is 9.67 Å². The largest absolute Gasteiger partial charge is 0.267 e. The molecule has 2 aromatic heterocycles. The zero-order valence-corrected chi connectivity index (χ0v) is 9.09. The van der Waals surface area contributed by atoms with Crippen LogP contribution in [0.25, 0.3) is 0 Å². The minimum absolute atomic E-state index is 0.645. The molecule has 0 saturated heterocycles. The summed E-state index contributed by atoms with van der Waals surface area (Å²) >= 11 is 0. The summed E-state index contributed by atoms with van der Waals surface area (Å²) in [5.41, 5.74) is 2.44. The predicted octanol–water partition coefficient (Wildman–Crippen LogP) is 1.76. The highest BCUT2D eigenvalue weighted by atomic mass is 15.3. The standard InChI is InChI=1S/C12H12N4/c1-2-12-10(8-13)4-5-11(15-12)9-16-7-3-6-14-16/h3-7H,2,9H2,1H3. The Morgan fingerprint density at radius 3 is 2.94 bits per heavy atom. The first-order valence-corrected chi connectivity index (χ1v) is 5.20. The molecule has 0 spiro atoms. The lowest BCUT2D eigenvalue weighted by Crippen LogP contribution is -2.04. The van der Waals surface area contributed by atoms with Crippen molar-refractivity contribution in [2.24, 2.45) is 0 Å². The summed E-state index contributed by atoms with van der Waals surface area (Å²) in [7, 11) is 0. The molecule has 0 radical (unpaired) electrons.